The number of aryl methyl sites for hydroxylation is 1. The Morgan fingerprint density at radius 1 is 1.23 bits per heavy atom. The number of thiazole rings is 1. The Labute approximate surface area is 236 Å². The van der Waals surface area contributed by atoms with Gasteiger partial charge < -0.3 is 19.5 Å². The van der Waals surface area contributed by atoms with E-state index >= 15 is 0 Å². The van der Waals surface area contributed by atoms with Crippen molar-refractivity contribution in [2.24, 2.45) is 0 Å². The number of halogens is 2. The number of amides is 1. The third kappa shape index (κ3) is 11.8. The van der Waals surface area contributed by atoms with Gasteiger partial charge in [0.15, 0.2) is 0 Å². The Hall–Kier alpha value is -2.87. The summed E-state index contributed by atoms with van der Waals surface area (Å²) >= 11 is 1.95. The zero-order chi connectivity index (χ0) is 28.5. The average Bonchev–Trinajstić information content (AvgIpc) is 3.40. The van der Waals surface area contributed by atoms with Crippen molar-refractivity contribution in [2.45, 2.75) is 39.5 Å². The fourth-order valence-electron chi connectivity index (χ4n) is 3.47. The number of morpholine rings is 1. The molecule has 0 radical (unpaired) electrons. The molecule has 3 heterocycles. The molecule has 0 bridgehead atoms. The maximum atomic E-state index is 12.2. The number of ether oxygens (including phenoxy) is 2. The van der Waals surface area contributed by atoms with E-state index in [9.17, 15) is 13.6 Å². The molecule has 39 heavy (non-hydrogen) atoms. The van der Waals surface area contributed by atoms with E-state index in [4.69, 9.17) is 9.47 Å². The predicted molar refractivity (Wildman–Crippen MR) is 153 cm³/mol. The van der Waals surface area contributed by atoms with Crippen LogP contribution in [0, 0.1) is 6.92 Å². The lowest BCUT2D eigenvalue weighted by Gasteiger charge is -2.30. The van der Waals surface area contributed by atoms with Crippen LogP contribution in [0.1, 0.15) is 37.4 Å². The molecule has 214 valence electrons. The first-order valence-corrected chi connectivity index (χ1v) is 14.3. The van der Waals surface area contributed by atoms with Crippen LogP contribution in [0.3, 0.4) is 0 Å². The number of benzene rings is 1. The van der Waals surface area contributed by atoms with E-state index in [0.29, 0.717) is 56.3 Å². The Kier molecular flexibility index (Phi) is 15.3. The van der Waals surface area contributed by atoms with Gasteiger partial charge in [0, 0.05) is 43.5 Å². The van der Waals surface area contributed by atoms with E-state index in [0.717, 1.165) is 34.2 Å². The van der Waals surface area contributed by atoms with E-state index in [1.54, 1.807) is 48.1 Å². The summed E-state index contributed by atoms with van der Waals surface area (Å²) in [5, 5.41) is 3.81. The highest BCUT2D eigenvalue weighted by molar-refractivity contribution is 8.00. The highest BCUT2D eigenvalue weighted by Gasteiger charge is 2.18. The molecule has 13 heteroatoms. The SMILES string of the molecule is CC.CCOc1cncc(-c2cnc(C)s2)n1.O=CNC(CN1CCOCC1)c1cccc(NSC(F)F)c1. The third-order valence-corrected chi connectivity index (χ3v) is 6.61. The summed E-state index contributed by atoms with van der Waals surface area (Å²) in [4.78, 5) is 26.7. The molecule has 1 atom stereocenters. The molecule has 1 aliphatic rings. The molecular weight excluding hydrogens is 546 g/mol. The van der Waals surface area contributed by atoms with Gasteiger partial charge in [-0.25, -0.2) is 9.97 Å². The molecule has 1 fully saturated rings. The van der Waals surface area contributed by atoms with E-state index in [1.165, 1.54) is 0 Å². The number of aromatic nitrogens is 3. The van der Waals surface area contributed by atoms with Crippen LogP contribution in [0.5, 0.6) is 5.88 Å². The van der Waals surface area contributed by atoms with Crippen LogP contribution >= 0.6 is 23.3 Å². The summed E-state index contributed by atoms with van der Waals surface area (Å²) in [5.74, 6) is -1.93. The van der Waals surface area contributed by atoms with Crippen LogP contribution in [-0.2, 0) is 9.53 Å². The van der Waals surface area contributed by atoms with Gasteiger partial charge in [0.2, 0.25) is 12.3 Å². The number of anilines is 1. The number of hydrogen-bond acceptors (Lipinski definition) is 10. The van der Waals surface area contributed by atoms with Crippen LogP contribution in [0.4, 0.5) is 14.5 Å². The van der Waals surface area contributed by atoms with E-state index in [2.05, 4.69) is 29.9 Å². The average molecular weight is 583 g/mol. The van der Waals surface area contributed by atoms with Gasteiger partial charge in [0.1, 0.15) is 5.69 Å². The summed E-state index contributed by atoms with van der Waals surface area (Å²) in [6.45, 7) is 12.1. The van der Waals surface area contributed by atoms with Crippen molar-refractivity contribution in [1.29, 1.82) is 0 Å². The van der Waals surface area contributed by atoms with Crippen molar-refractivity contribution in [3.8, 4) is 16.5 Å². The topological polar surface area (TPSA) is 102 Å². The molecule has 0 aliphatic carbocycles. The van der Waals surface area contributed by atoms with Gasteiger partial charge in [-0.05, 0) is 31.5 Å². The van der Waals surface area contributed by atoms with Gasteiger partial charge >= 0.3 is 5.76 Å². The van der Waals surface area contributed by atoms with Crippen molar-refractivity contribution in [2.75, 3.05) is 44.2 Å². The van der Waals surface area contributed by atoms with Crippen molar-refractivity contribution in [3.05, 3.63) is 53.4 Å². The van der Waals surface area contributed by atoms with Gasteiger partial charge in [-0.3, -0.25) is 14.7 Å². The van der Waals surface area contributed by atoms with Crippen LogP contribution in [0.25, 0.3) is 10.6 Å². The van der Waals surface area contributed by atoms with Crippen molar-refractivity contribution in [3.63, 3.8) is 0 Å². The van der Waals surface area contributed by atoms with Crippen LogP contribution in [0.15, 0.2) is 42.9 Å². The fourth-order valence-corrected chi connectivity index (χ4v) is 4.56. The lowest BCUT2D eigenvalue weighted by molar-refractivity contribution is -0.110. The van der Waals surface area contributed by atoms with Gasteiger partial charge in [0.25, 0.3) is 0 Å². The molecule has 0 saturated carbocycles. The summed E-state index contributed by atoms with van der Waals surface area (Å²) in [6.07, 6.45) is 5.80. The number of hydrogen-bond donors (Lipinski definition) is 2. The second-order valence-electron chi connectivity index (χ2n) is 7.78. The molecule has 1 amide bonds. The second kappa shape index (κ2) is 18.4. The largest absolute Gasteiger partial charge is 0.477 e. The predicted octanol–water partition coefficient (Wildman–Crippen LogP) is 5.42. The number of carbonyl (C=O) groups is 1. The van der Waals surface area contributed by atoms with Crippen LogP contribution < -0.4 is 14.8 Å². The van der Waals surface area contributed by atoms with E-state index in [-0.39, 0.29) is 6.04 Å². The van der Waals surface area contributed by atoms with Crippen LogP contribution in [-0.4, -0.2) is 71.5 Å². The van der Waals surface area contributed by atoms with Gasteiger partial charge in [0.05, 0.1) is 48.1 Å². The lowest BCUT2D eigenvalue weighted by atomic mass is 10.1. The van der Waals surface area contributed by atoms with Crippen molar-refractivity contribution in [1.82, 2.24) is 25.2 Å². The van der Waals surface area contributed by atoms with Gasteiger partial charge in [-0.2, -0.15) is 8.78 Å². The Bertz CT molecular complexity index is 1100. The van der Waals surface area contributed by atoms with Crippen molar-refractivity contribution >= 4 is 35.4 Å². The number of nitrogens with zero attached hydrogens (tertiary/aromatic N) is 4. The summed E-state index contributed by atoms with van der Waals surface area (Å²) in [5.41, 5.74) is 2.27. The Balaban J connectivity index is 0.000000273. The molecule has 1 unspecified atom stereocenters. The number of alkyl halides is 2. The molecule has 1 saturated heterocycles. The molecule has 4 rings (SSSR count). The zero-order valence-corrected chi connectivity index (χ0v) is 24.2. The molecule has 2 N–H and O–H groups in total. The van der Waals surface area contributed by atoms with Gasteiger partial charge in [-0.15, -0.1) is 11.3 Å². The van der Waals surface area contributed by atoms with E-state index < -0.39 is 5.76 Å². The smallest absolute Gasteiger partial charge is 0.302 e. The Morgan fingerprint density at radius 2 is 2.00 bits per heavy atom. The van der Waals surface area contributed by atoms with Crippen molar-refractivity contribution < 1.29 is 23.0 Å². The Morgan fingerprint density at radius 3 is 2.64 bits per heavy atom. The first-order valence-electron chi connectivity index (χ1n) is 12.7. The first-order chi connectivity index (χ1) is 19.0. The highest BCUT2D eigenvalue weighted by atomic mass is 32.2. The standard InChI is InChI=1S/C14H19F2N3O2S.C10H11N3OS.C2H6/c15-14(16)22-18-12-3-1-2-11(8-12)13(17-10-20)9-19-4-6-21-7-5-19;1-3-14-10-6-11-4-8(13-10)9-5-12-7(2)15-9;1-2/h1-3,8,10,13-14,18H,4-7,9H2,(H,17,20);4-6H,3H2,1-2H3;1-2H3. The quantitative estimate of drug-likeness (QED) is 0.227. The van der Waals surface area contributed by atoms with Crippen LogP contribution in [0.2, 0.25) is 0 Å². The molecule has 3 aromatic rings. The van der Waals surface area contributed by atoms with E-state index in [1.807, 2.05) is 33.8 Å². The summed E-state index contributed by atoms with van der Waals surface area (Å²) in [7, 11) is 0. The maximum absolute atomic E-state index is 12.2. The summed E-state index contributed by atoms with van der Waals surface area (Å²) < 4.78 is 37.7. The zero-order valence-electron chi connectivity index (χ0n) is 22.6. The molecule has 1 aromatic carbocycles. The third-order valence-electron chi connectivity index (χ3n) is 5.15. The number of carbonyl (C=O) groups excluding carboxylic acids is 1. The minimum absolute atomic E-state index is 0.186. The molecule has 2 aromatic heterocycles. The molecular formula is C26H36F2N6O3S2. The summed E-state index contributed by atoms with van der Waals surface area (Å²) in [6, 6.07) is 6.96. The molecule has 1 aliphatic heterocycles. The minimum Gasteiger partial charge on any atom is -0.477 e. The maximum Gasteiger partial charge on any atom is 0.302 e. The lowest BCUT2D eigenvalue weighted by Crippen LogP contribution is -2.41. The second-order valence-corrected chi connectivity index (χ2v) is 9.81. The molecule has 9 nitrogen and oxygen atoms in total. The number of rotatable bonds is 11. The highest BCUT2D eigenvalue weighted by Crippen LogP contribution is 2.25. The monoisotopic (exact) mass is 582 g/mol. The minimum atomic E-state index is -2.49. The van der Waals surface area contributed by atoms with Gasteiger partial charge in [-0.1, -0.05) is 26.0 Å². The first kappa shape index (κ1) is 32.3. The fraction of sp³-hybridized carbons (Fsp3) is 0.462. The molecule has 0 spiro atoms. The normalized spacial score (nSPS) is 13.8. The number of nitrogens with one attached hydrogen (secondary N) is 2.